The summed E-state index contributed by atoms with van der Waals surface area (Å²) in [5, 5.41) is 3.42. The van der Waals surface area contributed by atoms with Crippen LogP contribution in [0.4, 0.5) is 11.8 Å². The van der Waals surface area contributed by atoms with E-state index in [1.54, 1.807) is 18.6 Å². The molecule has 3 aromatic rings. The number of hydrogen-bond acceptors (Lipinski definition) is 6. The third-order valence-corrected chi connectivity index (χ3v) is 3.57. The molecule has 3 heterocycles. The van der Waals surface area contributed by atoms with Crippen LogP contribution in [-0.4, -0.2) is 43.2 Å². The van der Waals surface area contributed by atoms with Gasteiger partial charge in [-0.1, -0.05) is 0 Å². The number of rotatable bonds is 5. The van der Waals surface area contributed by atoms with Crippen molar-refractivity contribution in [3.05, 3.63) is 48.7 Å². The molecule has 0 bridgehead atoms. The van der Waals surface area contributed by atoms with E-state index < -0.39 is 0 Å². The summed E-state index contributed by atoms with van der Waals surface area (Å²) in [6, 6.07) is 1.63. The summed E-state index contributed by atoms with van der Waals surface area (Å²) in [4.78, 5) is 19.5. The zero-order chi connectivity index (χ0) is 16.4. The quantitative estimate of drug-likeness (QED) is 0.763. The zero-order valence-corrected chi connectivity index (χ0v) is 13.7. The predicted octanol–water partition coefficient (Wildman–Crippen LogP) is 1.21. The van der Waals surface area contributed by atoms with Crippen molar-refractivity contribution in [2.45, 2.75) is 6.04 Å². The van der Waals surface area contributed by atoms with Gasteiger partial charge in [0.25, 0.3) is 0 Å². The molecule has 0 unspecified atom stereocenters. The van der Waals surface area contributed by atoms with E-state index in [2.05, 4.69) is 25.3 Å². The standard InChI is InChI=1S/C15H20N8/c1-21(2)15-18-6-5-11(20-15)19-12(13-16-7-9-22(13)3)14-17-8-10-23(14)4/h5-10,12H,1-4H3,(H,18,19,20). The predicted molar refractivity (Wildman–Crippen MR) is 88.2 cm³/mol. The fraction of sp³-hybridized carbons (Fsp3) is 0.333. The van der Waals surface area contributed by atoms with Crippen LogP contribution in [0.15, 0.2) is 37.1 Å². The van der Waals surface area contributed by atoms with E-state index in [0.717, 1.165) is 17.5 Å². The second kappa shape index (κ2) is 6.07. The highest BCUT2D eigenvalue weighted by molar-refractivity contribution is 5.43. The molecule has 1 N–H and O–H groups in total. The van der Waals surface area contributed by atoms with Gasteiger partial charge in [-0.05, 0) is 6.07 Å². The average Bonchev–Trinajstić information content (AvgIpc) is 3.14. The highest BCUT2D eigenvalue weighted by Crippen LogP contribution is 2.23. The Kier molecular flexibility index (Phi) is 3.96. The number of hydrogen-bond donors (Lipinski definition) is 1. The number of anilines is 2. The van der Waals surface area contributed by atoms with Gasteiger partial charge in [-0.25, -0.2) is 15.0 Å². The van der Waals surface area contributed by atoms with Crippen molar-refractivity contribution in [1.82, 2.24) is 29.1 Å². The molecule has 0 amide bonds. The first-order valence-corrected chi connectivity index (χ1v) is 7.27. The molecule has 3 rings (SSSR count). The molecule has 0 spiro atoms. The van der Waals surface area contributed by atoms with Crippen molar-refractivity contribution < 1.29 is 0 Å². The second-order valence-corrected chi connectivity index (χ2v) is 5.51. The molecule has 0 aliphatic heterocycles. The molecule has 0 saturated carbocycles. The van der Waals surface area contributed by atoms with Gasteiger partial charge in [0, 0.05) is 59.2 Å². The molecule has 8 heteroatoms. The van der Waals surface area contributed by atoms with Crippen LogP contribution in [0.25, 0.3) is 0 Å². The SMILES string of the molecule is CN(C)c1nccc(NC(c2nccn2C)c2nccn2C)n1. The van der Waals surface area contributed by atoms with Crippen LogP contribution in [0.5, 0.6) is 0 Å². The molecule has 0 fully saturated rings. The molecule has 23 heavy (non-hydrogen) atoms. The van der Waals surface area contributed by atoms with Crippen LogP contribution in [-0.2, 0) is 14.1 Å². The van der Waals surface area contributed by atoms with Gasteiger partial charge in [0.05, 0.1) is 0 Å². The van der Waals surface area contributed by atoms with Gasteiger partial charge in [-0.3, -0.25) is 0 Å². The van der Waals surface area contributed by atoms with Gasteiger partial charge in [-0.2, -0.15) is 4.98 Å². The Morgan fingerprint density at radius 2 is 1.57 bits per heavy atom. The van der Waals surface area contributed by atoms with Crippen molar-refractivity contribution in [1.29, 1.82) is 0 Å². The third kappa shape index (κ3) is 3.01. The largest absolute Gasteiger partial charge is 0.354 e. The van der Waals surface area contributed by atoms with E-state index in [1.807, 2.05) is 60.7 Å². The molecule has 8 nitrogen and oxygen atoms in total. The van der Waals surface area contributed by atoms with Gasteiger partial charge in [-0.15, -0.1) is 0 Å². The molecule has 3 aromatic heterocycles. The van der Waals surface area contributed by atoms with Crippen LogP contribution in [0.2, 0.25) is 0 Å². The molecular formula is C15H20N8. The summed E-state index contributed by atoms with van der Waals surface area (Å²) < 4.78 is 3.95. The third-order valence-electron chi connectivity index (χ3n) is 3.57. The zero-order valence-electron chi connectivity index (χ0n) is 13.7. The Hall–Kier alpha value is -2.90. The Balaban J connectivity index is 1.99. The lowest BCUT2D eigenvalue weighted by molar-refractivity contribution is 0.675. The van der Waals surface area contributed by atoms with E-state index in [-0.39, 0.29) is 6.04 Å². The van der Waals surface area contributed by atoms with Gasteiger partial charge in [0.15, 0.2) is 0 Å². The van der Waals surface area contributed by atoms with Crippen LogP contribution in [0.3, 0.4) is 0 Å². The minimum absolute atomic E-state index is 0.208. The molecule has 0 radical (unpaired) electrons. The van der Waals surface area contributed by atoms with Crippen LogP contribution >= 0.6 is 0 Å². The lowest BCUT2D eigenvalue weighted by Gasteiger charge is -2.20. The number of imidazole rings is 2. The van der Waals surface area contributed by atoms with Crippen LogP contribution < -0.4 is 10.2 Å². The first kappa shape index (κ1) is 15.0. The first-order chi connectivity index (χ1) is 11.1. The molecular weight excluding hydrogens is 292 g/mol. The maximum absolute atomic E-state index is 4.52. The lowest BCUT2D eigenvalue weighted by atomic mass is 10.2. The topological polar surface area (TPSA) is 76.7 Å². The second-order valence-electron chi connectivity index (χ2n) is 5.51. The van der Waals surface area contributed by atoms with Crippen molar-refractivity contribution in [3.63, 3.8) is 0 Å². The maximum Gasteiger partial charge on any atom is 0.226 e. The van der Waals surface area contributed by atoms with Gasteiger partial charge < -0.3 is 19.4 Å². The Labute approximate surface area is 134 Å². The number of aromatic nitrogens is 6. The Morgan fingerprint density at radius 3 is 2.04 bits per heavy atom. The normalized spacial score (nSPS) is 11.0. The Bertz CT molecular complexity index is 748. The lowest BCUT2D eigenvalue weighted by Crippen LogP contribution is -2.21. The molecule has 0 saturated heterocycles. The Morgan fingerprint density at radius 1 is 0.957 bits per heavy atom. The first-order valence-electron chi connectivity index (χ1n) is 7.27. The number of nitrogens with one attached hydrogen (secondary N) is 1. The summed E-state index contributed by atoms with van der Waals surface area (Å²) >= 11 is 0. The summed E-state index contributed by atoms with van der Waals surface area (Å²) in [7, 11) is 7.75. The van der Waals surface area contributed by atoms with Crippen molar-refractivity contribution in [2.24, 2.45) is 14.1 Å². The highest BCUT2D eigenvalue weighted by Gasteiger charge is 2.22. The van der Waals surface area contributed by atoms with Crippen molar-refractivity contribution in [2.75, 3.05) is 24.3 Å². The van der Waals surface area contributed by atoms with Gasteiger partial charge in [0.2, 0.25) is 5.95 Å². The van der Waals surface area contributed by atoms with E-state index >= 15 is 0 Å². The van der Waals surface area contributed by atoms with Crippen molar-refractivity contribution in [3.8, 4) is 0 Å². The summed E-state index contributed by atoms with van der Waals surface area (Å²) in [6.45, 7) is 0. The smallest absolute Gasteiger partial charge is 0.226 e. The van der Waals surface area contributed by atoms with E-state index in [1.165, 1.54) is 0 Å². The molecule has 0 aromatic carbocycles. The molecule has 0 atom stereocenters. The monoisotopic (exact) mass is 312 g/mol. The average molecular weight is 312 g/mol. The van der Waals surface area contributed by atoms with E-state index in [4.69, 9.17) is 0 Å². The summed E-state index contributed by atoms with van der Waals surface area (Å²) in [5.74, 6) is 3.10. The molecule has 120 valence electrons. The fourth-order valence-corrected chi connectivity index (χ4v) is 2.35. The molecule has 0 aliphatic carbocycles. The van der Waals surface area contributed by atoms with Crippen LogP contribution in [0, 0.1) is 0 Å². The fourth-order valence-electron chi connectivity index (χ4n) is 2.35. The number of nitrogens with zero attached hydrogens (tertiary/aromatic N) is 7. The maximum atomic E-state index is 4.52. The van der Waals surface area contributed by atoms with Crippen LogP contribution in [0.1, 0.15) is 17.7 Å². The number of aryl methyl sites for hydroxylation is 2. The highest BCUT2D eigenvalue weighted by atomic mass is 15.2. The minimum Gasteiger partial charge on any atom is -0.354 e. The van der Waals surface area contributed by atoms with Crippen molar-refractivity contribution >= 4 is 11.8 Å². The molecule has 0 aliphatic rings. The van der Waals surface area contributed by atoms with E-state index in [0.29, 0.717) is 5.95 Å². The minimum atomic E-state index is -0.208. The summed E-state index contributed by atoms with van der Waals surface area (Å²) in [6.07, 6.45) is 9.12. The summed E-state index contributed by atoms with van der Waals surface area (Å²) in [5.41, 5.74) is 0. The van der Waals surface area contributed by atoms with Gasteiger partial charge >= 0.3 is 0 Å². The van der Waals surface area contributed by atoms with E-state index in [9.17, 15) is 0 Å². The van der Waals surface area contributed by atoms with Gasteiger partial charge in [0.1, 0.15) is 23.5 Å².